The molecule has 0 unspecified atom stereocenters. The van der Waals surface area contributed by atoms with E-state index in [9.17, 15) is 23.3 Å². The van der Waals surface area contributed by atoms with Gasteiger partial charge < -0.3 is 5.73 Å². The molecule has 0 radical (unpaired) electrons. The molecule has 0 aliphatic carbocycles. The molecule has 1 aromatic rings. The van der Waals surface area contributed by atoms with Crippen LogP contribution in [0.1, 0.15) is 5.56 Å². The van der Waals surface area contributed by atoms with Gasteiger partial charge in [0, 0.05) is 6.20 Å². The Morgan fingerprint density at radius 3 is 2.47 bits per heavy atom. The monoisotopic (exact) mass is 241 g/mol. The number of halogens is 4. The molecule has 0 atom stereocenters. The van der Waals surface area contributed by atoms with Gasteiger partial charge in [-0.05, 0) is 0 Å². The number of nitro groups is 1. The van der Waals surface area contributed by atoms with E-state index in [0.717, 1.165) is 0 Å². The van der Waals surface area contributed by atoms with Crippen LogP contribution in [0.2, 0.25) is 5.02 Å². The second-order valence-corrected chi connectivity index (χ2v) is 2.85. The molecule has 0 bridgehead atoms. The van der Waals surface area contributed by atoms with Crippen molar-refractivity contribution in [2.45, 2.75) is 6.18 Å². The van der Waals surface area contributed by atoms with E-state index < -0.39 is 33.2 Å². The Balaban J connectivity index is 3.49. The molecular weight excluding hydrogens is 239 g/mol. The minimum atomic E-state index is -4.80. The molecule has 0 saturated carbocycles. The lowest BCUT2D eigenvalue weighted by Crippen LogP contribution is -2.10. The second-order valence-electron chi connectivity index (χ2n) is 2.47. The zero-order valence-corrected chi connectivity index (χ0v) is 7.63. The molecule has 0 aromatic carbocycles. The molecule has 2 N–H and O–H groups in total. The zero-order valence-electron chi connectivity index (χ0n) is 6.88. The third-order valence-corrected chi connectivity index (χ3v) is 1.89. The summed E-state index contributed by atoms with van der Waals surface area (Å²) in [5.41, 5.74) is 2.61. The minimum absolute atomic E-state index is 0.352. The number of rotatable bonds is 1. The van der Waals surface area contributed by atoms with E-state index in [1.54, 1.807) is 0 Å². The first-order chi connectivity index (χ1) is 6.75. The molecule has 1 aromatic heterocycles. The highest BCUT2D eigenvalue weighted by Crippen LogP contribution is 2.40. The van der Waals surface area contributed by atoms with Crippen LogP contribution in [0.5, 0.6) is 0 Å². The van der Waals surface area contributed by atoms with Gasteiger partial charge in [0.1, 0.15) is 5.02 Å². The van der Waals surface area contributed by atoms with E-state index in [1.807, 2.05) is 0 Å². The van der Waals surface area contributed by atoms with Gasteiger partial charge in [0.2, 0.25) is 5.82 Å². The Kier molecular flexibility index (Phi) is 2.71. The van der Waals surface area contributed by atoms with Crippen molar-refractivity contribution in [1.29, 1.82) is 0 Å². The van der Waals surface area contributed by atoms with Gasteiger partial charge in [-0.3, -0.25) is 10.1 Å². The Labute approximate surface area is 85.8 Å². The van der Waals surface area contributed by atoms with Crippen LogP contribution in [-0.4, -0.2) is 9.91 Å². The average molecular weight is 242 g/mol. The van der Waals surface area contributed by atoms with Crippen LogP contribution in [0.4, 0.5) is 24.7 Å². The Hall–Kier alpha value is -1.57. The molecule has 82 valence electrons. The molecular formula is C6H3ClF3N3O2. The fourth-order valence-corrected chi connectivity index (χ4v) is 1.18. The maximum atomic E-state index is 12.2. The number of pyridine rings is 1. The van der Waals surface area contributed by atoms with Crippen LogP contribution < -0.4 is 5.73 Å². The van der Waals surface area contributed by atoms with Crippen molar-refractivity contribution in [1.82, 2.24) is 4.98 Å². The summed E-state index contributed by atoms with van der Waals surface area (Å²) in [6.07, 6.45) is -4.45. The van der Waals surface area contributed by atoms with Crippen molar-refractivity contribution in [2.75, 3.05) is 5.73 Å². The van der Waals surface area contributed by atoms with Crippen LogP contribution >= 0.6 is 11.6 Å². The van der Waals surface area contributed by atoms with Gasteiger partial charge in [-0.15, -0.1) is 0 Å². The number of anilines is 1. The quantitative estimate of drug-likeness (QED) is 0.604. The zero-order chi connectivity index (χ0) is 11.8. The Morgan fingerprint density at radius 1 is 1.53 bits per heavy atom. The lowest BCUT2D eigenvalue weighted by Gasteiger charge is -2.08. The normalized spacial score (nSPS) is 11.5. The lowest BCUT2D eigenvalue weighted by atomic mass is 10.2. The molecule has 0 aliphatic rings. The topological polar surface area (TPSA) is 82.0 Å². The van der Waals surface area contributed by atoms with Gasteiger partial charge >= 0.3 is 11.9 Å². The maximum Gasteiger partial charge on any atom is 0.419 e. The molecule has 0 spiro atoms. The summed E-state index contributed by atoms with van der Waals surface area (Å²) in [6.45, 7) is 0. The maximum absolute atomic E-state index is 12.2. The smallest absolute Gasteiger partial charge is 0.378 e. The highest BCUT2D eigenvalue weighted by atomic mass is 35.5. The van der Waals surface area contributed by atoms with E-state index in [4.69, 9.17) is 17.3 Å². The molecule has 5 nitrogen and oxygen atoms in total. The van der Waals surface area contributed by atoms with Gasteiger partial charge in [0.05, 0.1) is 10.5 Å². The summed E-state index contributed by atoms with van der Waals surface area (Å²) in [5, 5.41) is 9.30. The fourth-order valence-electron chi connectivity index (χ4n) is 0.863. The predicted molar refractivity (Wildman–Crippen MR) is 45.3 cm³/mol. The van der Waals surface area contributed by atoms with Crippen LogP contribution in [0, 0.1) is 10.1 Å². The number of hydrogen-bond donors (Lipinski definition) is 1. The number of hydrogen-bond acceptors (Lipinski definition) is 4. The standard InChI is InChI=1S/C6H3ClF3N3O2/c7-3-2(6(8,9)10)1-12-5(11)4(3)13(14)15/h1H,(H2,11,12). The molecule has 15 heavy (non-hydrogen) atoms. The number of nitrogens with two attached hydrogens (primary N) is 1. The van der Waals surface area contributed by atoms with Gasteiger partial charge in [0.15, 0.2) is 0 Å². The summed E-state index contributed by atoms with van der Waals surface area (Å²) in [5.74, 6) is -0.655. The van der Waals surface area contributed by atoms with Crippen molar-refractivity contribution in [3.05, 3.63) is 26.9 Å². The van der Waals surface area contributed by atoms with Gasteiger partial charge in [0.25, 0.3) is 0 Å². The number of nitrogen functional groups attached to an aromatic ring is 1. The molecule has 1 heterocycles. The van der Waals surface area contributed by atoms with Gasteiger partial charge in [-0.2, -0.15) is 13.2 Å². The van der Waals surface area contributed by atoms with E-state index >= 15 is 0 Å². The predicted octanol–water partition coefficient (Wildman–Crippen LogP) is 2.24. The van der Waals surface area contributed by atoms with Crippen molar-refractivity contribution < 1.29 is 18.1 Å². The second kappa shape index (κ2) is 3.54. The molecule has 0 saturated heterocycles. The summed E-state index contributed by atoms with van der Waals surface area (Å²) in [7, 11) is 0. The number of alkyl halides is 3. The van der Waals surface area contributed by atoms with Crippen LogP contribution in [0.25, 0.3) is 0 Å². The highest BCUT2D eigenvalue weighted by molar-refractivity contribution is 6.34. The number of aromatic nitrogens is 1. The van der Waals surface area contributed by atoms with Gasteiger partial charge in [-0.1, -0.05) is 11.6 Å². The van der Waals surface area contributed by atoms with Crippen LogP contribution in [-0.2, 0) is 6.18 Å². The average Bonchev–Trinajstić information content (AvgIpc) is 2.00. The summed E-state index contributed by atoms with van der Waals surface area (Å²) in [4.78, 5) is 12.3. The first kappa shape index (κ1) is 11.5. The number of nitrogens with zero attached hydrogens (tertiary/aromatic N) is 2. The molecule has 0 aliphatic heterocycles. The van der Waals surface area contributed by atoms with Crippen molar-refractivity contribution in [3.8, 4) is 0 Å². The van der Waals surface area contributed by atoms with E-state index in [1.165, 1.54) is 0 Å². The Morgan fingerprint density at radius 2 is 2.07 bits per heavy atom. The van der Waals surface area contributed by atoms with Crippen molar-refractivity contribution in [3.63, 3.8) is 0 Å². The minimum Gasteiger partial charge on any atom is -0.378 e. The summed E-state index contributed by atoms with van der Waals surface area (Å²) in [6, 6.07) is 0. The molecule has 0 fully saturated rings. The van der Waals surface area contributed by atoms with Gasteiger partial charge in [-0.25, -0.2) is 4.98 Å². The van der Waals surface area contributed by atoms with E-state index in [-0.39, 0.29) is 0 Å². The Bertz CT molecular complexity index is 421. The summed E-state index contributed by atoms with van der Waals surface area (Å²) < 4.78 is 36.7. The lowest BCUT2D eigenvalue weighted by molar-refractivity contribution is -0.384. The molecule has 1 rings (SSSR count). The van der Waals surface area contributed by atoms with Crippen molar-refractivity contribution in [2.24, 2.45) is 0 Å². The van der Waals surface area contributed by atoms with E-state index in [2.05, 4.69) is 4.98 Å². The van der Waals surface area contributed by atoms with Crippen LogP contribution in [0.3, 0.4) is 0 Å². The van der Waals surface area contributed by atoms with Crippen molar-refractivity contribution >= 4 is 23.1 Å². The SMILES string of the molecule is Nc1ncc(C(F)(F)F)c(Cl)c1[N+](=O)[O-]. The van der Waals surface area contributed by atoms with E-state index in [0.29, 0.717) is 6.20 Å². The first-order valence-corrected chi connectivity index (χ1v) is 3.78. The fraction of sp³-hybridized carbons (Fsp3) is 0.167. The largest absolute Gasteiger partial charge is 0.419 e. The van der Waals surface area contributed by atoms with Crippen LogP contribution in [0.15, 0.2) is 6.20 Å². The first-order valence-electron chi connectivity index (χ1n) is 3.40. The molecule has 9 heteroatoms. The summed E-state index contributed by atoms with van der Waals surface area (Å²) >= 11 is 5.21. The third kappa shape index (κ3) is 2.09. The highest BCUT2D eigenvalue weighted by Gasteiger charge is 2.38. The third-order valence-electron chi connectivity index (χ3n) is 1.51. The molecule has 0 amide bonds.